The summed E-state index contributed by atoms with van der Waals surface area (Å²) in [6.07, 6.45) is 7.64. The molecule has 0 aliphatic heterocycles. The molecule has 0 spiro atoms. The third kappa shape index (κ3) is 5.73. The molecule has 0 heterocycles. The lowest BCUT2D eigenvalue weighted by molar-refractivity contribution is 0.476. The molecule has 1 atom stereocenters. The highest BCUT2D eigenvalue weighted by Gasteiger charge is 2.12. The van der Waals surface area contributed by atoms with E-state index in [0.717, 1.165) is 18.5 Å². The average molecular weight is 265 g/mol. The molecule has 0 amide bonds. The molecule has 0 saturated heterocycles. The molecular formula is C17H28FN. The molecule has 0 saturated carbocycles. The predicted octanol–water partition coefficient (Wildman–Crippen LogP) is 5.15. The first-order valence-corrected chi connectivity index (χ1v) is 7.68. The molecule has 1 aromatic carbocycles. The lowest BCUT2D eigenvalue weighted by atomic mass is 9.96. The van der Waals surface area contributed by atoms with E-state index in [4.69, 9.17) is 0 Å². The van der Waals surface area contributed by atoms with Gasteiger partial charge in [0.25, 0.3) is 0 Å². The van der Waals surface area contributed by atoms with Crippen LogP contribution in [0.5, 0.6) is 0 Å². The number of hydrogen-bond acceptors (Lipinski definition) is 1. The second-order valence-electron chi connectivity index (χ2n) is 5.31. The van der Waals surface area contributed by atoms with Crippen molar-refractivity contribution < 1.29 is 4.39 Å². The third-order valence-corrected chi connectivity index (χ3v) is 3.65. The number of nitrogens with one attached hydrogen (secondary N) is 1. The number of hydrogen-bond donors (Lipinski definition) is 1. The molecule has 1 N–H and O–H groups in total. The fraction of sp³-hybridized carbons (Fsp3) is 0.647. The van der Waals surface area contributed by atoms with Crippen molar-refractivity contribution in [3.05, 3.63) is 35.1 Å². The van der Waals surface area contributed by atoms with E-state index >= 15 is 0 Å². The second kappa shape index (κ2) is 9.08. The van der Waals surface area contributed by atoms with Crippen molar-refractivity contribution >= 4 is 0 Å². The molecule has 0 fully saturated rings. The van der Waals surface area contributed by atoms with Crippen molar-refractivity contribution in [2.45, 2.75) is 65.3 Å². The lowest BCUT2D eigenvalue weighted by Crippen LogP contribution is -2.21. The highest BCUT2D eigenvalue weighted by Crippen LogP contribution is 2.24. The summed E-state index contributed by atoms with van der Waals surface area (Å²) in [5.41, 5.74) is 2.30. The van der Waals surface area contributed by atoms with Gasteiger partial charge in [0.2, 0.25) is 0 Å². The monoisotopic (exact) mass is 265 g/mol. The lowest BCUT2D eigenvalue weighted by Gasteiger charge is -2.20. The molecule has 1 aromatic rings. The molecular weight excluding hydrogens is 237 g/mol. The normalized spacial score (nSPS) is 12.6. The average Bonchev–Trinajstić information content (AvgIpc) is 2.38. The van der Waals surface area contributed by atoms with Gasteiger partial charge in [0.1, 0.15) is 5.82 Å². The summed E-state index contributed by atoms with van der Waals surface area (Å²) in [4.78, 5) is 0. The maximum Gasteiger partial charge on any atom is 0.123 e. The summed E-state index contributed by atoms with van der Waals surface area (Å²) in [5, 5.41) is 3.53. The van der Waals surface area contributed by atoms with E-state index in [0.29, 0.717) is 6.04 Å². The first-order chi connectivity index (χ1) is 9.19. The summed E-state index contributed by atoms with van der Waals surface area (Å²) >= 11 is 0. The molecule has 0 aliphatic carbocycles. The molecule has 0 bridgehead atoms. The molecule has 1 nitrogen and oxygen atoms in total. The van der Waals surface area contributed by atoms with E-state index in [2.05, 4.69) is 19.2 Å². The van der Waals surface area contributed by atoms with Crippen molar-refractivity contribution in [3.8, 4) is 0 Å². The van der Waals surface area contributed by atoms with Crippen LogP contribution in [0.25, 0.3) is 0 Å². The third-order valence-electron chi connectivity index (χ3n) is 3.65. The second-order valence-corrected chi connectivity index (χ2v) is 5.31. The zero-order chi connectivity index (χ0) is 14.1. The SMILES string of the molecule is CCCCCCCC(NCC)c1ccc(F)cc1C. The Labute approximate surface area is 117 Å². The van der Waals surface area contributed by atoms with Crippen LogP contribution in [0.4, 0.5) is 4.39 Å². The summed E-state index contributed by atoms with van der Waals surface area (Å²) in [6.45, 7) is 7.32. The quantitative estimate of drug-likeness (QED) is 0.609. The smallest absolute Gasteiger partial charge is 0.123 e. The zero-order valence-electron chi connectivity index (χ0n) is 12.6. The maximum absolute atomic E-state index is 13.2. The van der Waals surface area contributed by atoms with Crippen LogP contribution in [-0.2, 0) is 0 Å². The van der Waals surface area contributed by atoms with Crippen LogP contribution in [0.2, 0.25) is 0 Å². The predicted molar refractivity (Wildman–Crippen MR) is 80.9 cm³/mol. The fourth-order valence-corrected chi connectivity index (χ4v) is 2.60. The minimum atomic E-state index is -0.139. The number of rotatable bonds is 9. The van der Waals surface area contributed by atoms with Crippen molar-refractivity contribution in [1.82, 2.24) is 5.32 Å². The van der Waals surface area contributed by atoms with Gasteiger partial charge in [-0.25, -0.2) is 4.39 Å². The van der Waals surface area contributed by atoms with Gasteiger partial charge in [-0.2, -0.15) is 0 Å². The van der Waals surface area contributed by atoms with Gasteiger partial charge >= 0.3 is 0 Å². The van der Waals surface area contributed by atoms with E-state index in [9.17, 15) is 4.39 Å². The van der Waals surface area contributed by atoms with Gasteiger partial charge in [0.15, 0.2) is 0 Å². The van der Waals surface area contributed by atoms with Gasteiger partial charge in [0.05, 0.1) is 0 Å². The van der Waals surface area contributed by atoms with Crippen LogP contribution in [0.15, 0.2) is 18.2 Å². The van der Waals surface area contributed by atoms with E-state index < -0.39 is 0 Å². The summed E-state index contributed by atoms with van der Waals surface area (Å²) < 4.78 is 13.2. The Bertz CT molecular complexity index is 362. The Kier molecular flexibility index (Phi) is 7.73. The molecule has 1 rings (SSSR count). The fourth-order valence-electron chi connectivity index (χ4n) is 2.60. The highest BCUT2D eigenvalue weighted by molar-refractivity contribution is 5.29. The molecule has 1 unspecified atom stereocenters. The van der Waals surface area contributed by atoms with Crippen molar-refractivity contribution in [1.29, 1.82) is 0 Å². The van der Waals surface area contributed by atoms with Gasteiger partial charge in [-0.15, -0.1) is 0 Å². The van der Waals surface area contributed by atoms with E-state index in [1.54, 1.807) is 12.1 Å². The number of unbranched alkanes of at least 4 members (excludes halogenated alkanes) is 4. The summed E-state index contributed by atoms with van der Waals surface area (Å²) in [7, 11) is 0. The summed E-state index contributed by atoms with van der Waals surface area (Å²) in [6, 6.07) is 5.51. The number of benzene rings is 1. The van der Waals surface area contributed by atoms with Crippen molar-refractivity contribution in [2.75, 3.05) is 6.54 Å². The Morgan fingerprint density at radius 1 is 1.11 bits per heavy atom. The van der Waals surface area contributed by atoms with Crippen molar-refractivity contribution in [2.24, 2.45) is 0 Å². The molecule has 19 heavy (non-hydrogen) atoms. The van der Waals surface area contributed by atoms with Crippen LogP contribution < -0.4 is 5.32 Å². The first kappa shape index (κ1) is 16.2. The first-order valence-electron chi connectivity index (χ1n) is 7.68. The number of halogens is 1. The standard InChI is InChI=1S/C17H28FN/c1-4-6-7-8-9-10-17(19-5-2)16-12-11-15(18)13-14(16)3/h11-13,17,19H,4-10H2,1-3H3. The number of aryl methyl sites for hydroxylation is 1. The Balaban J connectivity index is 2.55. The van der Waals surface area contributed by atoms with Gasteiger partial charge in [0, 0.05) is 6.04 Å². The molecule has 0 aliphatic rings. The molecule has 0 aromatic heterocycles. The topological polar surface area (TPSA) is 12.0 Å². The van der Waals surface area contributed by atoms with Gasteiger partial charge in [-0.1, -0.05) is 52.0 Å². The van der Waals surface area contributed by atoms with Crippen LogP contribution in [0.3, 0.4) is 0 Å². The van der Waals surface area contributed by atoms with E-state index in [1.165, 1.54) is 37.7 Å². The van der Waals surface area contributed by atoms with Gasteiger partial charge < -0.3 is 5.32 Å². The Morgan fingerprint density at radius 2 is 1.84 bits per heavy atom. The minimum Gasteiger partial charge on any atom is -0.310 e. The van der Waals surface area contributed by atoms with Gasteiger partial charge in [-0.3, -0.25) is 0 Å². The Hall–Kier alpha value is -0.890. The van der Waals surface area contributed by atoms with Crippen LogP contribution in [0.1, 0.15) is 69.5 Å². The largest absolute Gasteiger partial charge is 0.310 e. The van der Waals surface area contributed by atoms with E-state index in [1.807, 2.05) is 13.0 Å². The van der Waals surface area contributed by atoms with Gasteiger partial charge in [-0.05, 0) is 43.1 Å². The Morgan fingerprint density at radius 3 is 2.47 bits per heavy atom. The highest BCUT2D eigenvalue weighted by atomic mass is 19.1. The maximum atomic E-state index is 13.2. The van der Waals surface area contributed by atoms with Crippen LogP contribution in [0, 0.1) is 12.7 Å². The summed E-state index contributed by atoms with van der Waals surface area (Å²) in [5.74, 6) is -0.139. The molecule has 108 valence electrons. The van der Waals surface area contributed by atoms with Crippen molar-refractivity contribution in [3.63, 3.8) is 0 Å². The van der Waals surface area contributed by atoms with E-state index in [-0.39, 0.29) is 5.82 Å². The zero-order valence-corrected chi connectivity index (χ0v) is 12.6. The molecule has 0 radical (unpaired) electrons. The van der Waals surface area contributed by atoms with Crippen LogP contribution in [-0.4, -0.2) is 6.54 Å². The molecule has 2 heteroatoms. The minimum absolute atomic E-state index is 0.139. The van der Waals surface area contributed by atoms with Crippen LogP contribution >= 0.6 is 0 Å².